The van der Waals surface area contributed by atoms with Gasteiger partial charge in [0.2, 0.25) is 29.5 Å². The van der Waals surface area contributed by atoms with Crippen LogP contribution in [0.4, 0.5) is 13.2 Å². The van der Waals surface area contributed by atoms with E-state index in [-0.39, 0.29) is 50.9 Å². The van der Waals surface area contributed by atoms with E-state index in [0.29, 0.717) is 5.56 Å². The molecule has 0 unspecified atom stereocenters. The van der Waals surface area contributed by atoms with Crippen molar-refractivity contribution in [1.29, 1.82) is 0 Å². The molecular weight excluding hydrogens is 621 g/mol. The Labute approximate surface area is 261 Å². The zero-order chi connectivity index (χ0) is 33.6. The van der Waals surface area contributed by atoms with Crippen LogP contribution in [0.5, 0.6) is 0 Å². The van der Waals surface area contributed by atoms with Crippen LogP contribution in [-0.4, -0.2) is 90.1 Å². The minimum absolute atomic E-state index is 0.0271. The number of halogens is 3. The molecule has 2 rings (SSSR count). The first-order valence-corrected chi connectivity index (χ1v) is 14.6. The smallest absolute Gasteiger partial charge is 0.368 e. The first kappa shape index (κ1) is 36.9. The summed E-state index contributed by atoms with van der Waals surface area (Å²) in [6.45, 7) is -0.786. The van der Waals surface area contributed by atoms with Gasteiger partial charge in [-0.15, -0.1) is 0 Å². The number of thiol groups is 1. The third-order valence-corrected chi connectivity index (χ3v) is 6.87. The molecule has 0 spiro atoms. The fourth-order valence-corrected chi connectivity index (χ4v) is 4.43. The molecule has 0 fully saturated rings. The predicted molar refractivity (Wildman–Crippen MR) is 160 cm³/mol. The third kappa shape index (κ3) is 12.3. The van der Waals surface area contributed by atoms with Crippen LogP contribution in [0.1, 0.15) is 31.2 Å². The molecule has 0 saturated heterocycles. The van der Waals surface area contributed by atoms with Crippen molar-refractivity contribution in [3.8, 4) is 0 Å². The molecule has 18 heteroatoms. The van der Waals surface area contributed by atoms with Gasteiger partial charge in [-0.05, 0) is 30.9 Å². The maximum atomic E-state index is 13.2. The highest BCUT2D eigenvalue weighted by molar-refractivity contribution is 7.80. The number of rotatable bonds is 18. The average molecular weight is 659 g/mol. The number of para-hydroxylation sites is 1. The van der Waals surface area contributed by atoms with Crippen LogP contribution in [0.3, 0.4) is 0 Å². The van der Waals surface area contributed by atoms with Gasteiger partial charge in [-0.2, -0.15) is 25.8 Å². The fourth-order valence-electron chi connectivity index (χ4n) is 4.17. The largest absolute Gasteiger partial charge is 0.471 e. The number of aromatic amines is 1. The summed E-state index contributed by atoms with van der Waals surface area (Å²) in [5.41, 5.74) is 12.4. The number of alkyl halides is 3. The van der Waals surface area contributed by atoms with Crippen LogP contribution in [-0.2, 0) is 35.2 Å². The molecule has 248 valence electrons. The van der Waals surface area contributed by atoms with Gasteiger partial charge in [-0.3, -0.25) is 28.8 Å². The number of benzene rings is 1. The highest BCUT2D eigenvalue weighted by Crippen LogP contribution is 2.19. The molecule has 1 heterocycles. The van der Waals surface area contributed by atoms with E-state index >= 15 is 0 Å². The Hall–Kier alpha value is -4.32. The van der Waals surface area contributed by atoms with Gasteiger partial charge < -0.3 is 43.0 Å². The van der Waals surface area contributed by atoms with Gasteiger partial charge >= 0.3 is 12.1 Å². The van der Waals surface area contributed by atoms with Crippen LogP contribution in [0.15, 0.2) is 30.5 Å². The van der Waals surface area contributed by atoms with Crippen molar-refractivity contribution < 1.29 is 41.9 Å². The lowest BCUT2D eigenvalue weighted by Gasteiger charge is -2.24. The molecule has 3 atom stereocenters. The molecule has 0 aliphatic carbocycles. The Morgan fingerprint density at radius 1 is 0.889 bits per heavy atom. The fraction of sp³-hybridized carbons (Fsp3) is 0.481. The first-order valence-electron chi connectivity index (χ1n) is 13.9. The standard InChI is InChI=1S/C27H37F3N8O6S/c28-27(29,30)26(44)33-10-4-3-7-18(36-22(40)13-35-21(39)8-9-31)24(42)38-20(14-45)25(43)37-19(23(32)41)11-15-12-34-17-6-2-1-5-16(15)17/h1-2,5-6,12,18-20,34,45H,3-4,7-11,13-14,31H2,(H2,32,41)(H,33,44)(H,35,39)(H,36,40)(H,37,43)(H,38,42)/t18-,19-,20-/m0/s1. The van der Waals surface area contributed by atoms with Crippen molar-refractivity contribution in [2.75, 3.05) is 25.4 Å². The molecule has 45 heavy (non-hydrogen) atoms. The van der Waals surface area contributed by atoms with Gasteiger partial charge in [0.05, 0.1) is 6.54 Å². The number of aromatic nitrogens is 1. The SMILES string of the molecule is NCCC(=O)NCC(=O)N[C@@H](CCCCNC(=O)C(F)(F)F)C(=O)N[C@@H](CS)C(=O)N[C@@H](Cc1c[nH]c2ccccc12)C(N)=O. The molecule has 14 nitrogen and oxygen atoms in total. The Balaban J connectivity index is 2.06. The minimum atomic E-state index is -5.05. The highest BCUT2D eigenvalue weighted by atomic mass is 32.1. The molecular formula is C27H37F3N8O6S. The van der Waals surface area contributed by atoms with Crippen molar-refractivity contribution in [1.82, 2.24) is 31.6 Å². The van der Waals surface area contributed by atoms with Gasteiger partial charge in [0.15, 0.2) is 0 Å². The van der Waals surface area contributed by atoms with Crippen LogP contribution in [0.25, 0.3) is 10.9 Å². The number of nitrogens with two attached hydrogens (primary N) is 2. The lowest BCUT2D eigenvalue weighted by Crippen LogP contribution is -2.57. The number of nitrogens with one attached hydrogen (secondary N) is 6. The summed E-state index contributed by atoms with van der Waals surface area (Å²) in [5, 5.41) is 12.2. The maximum Gasteiger partial charge on any atom is 0.471 e. The maximum absolute atomic E-state index is 13.2. The van der Waals surface area contributed by atoms with Crippen molar-refractivity contribution >= 4 is 59.0 Å². The van der Waals surface area contributed by atoms with Crippen LogP contribution in [0.2, 0.25) is 0 Å². The van der Waals surface area contributed by atoms with Gasteiger partial charge in [-0.1, -0.05) is 18.2 Å². The van der Waals surface area contributed by atoms with Crippen molar-refractivity contribution in [2.24, 2.45) is 11.5 Å². The number of amides is 6. The summed E-state index contributed by atoms with van der Waals surface area (Å²) in [5.74, 6) is -6.02. The van der Waals surface area contributed by atoms with Gasteiger partial charge in [0, 0.05) is 48.8 Å². The van der Waals surface area contributed by atoms with E-state index in [2.05, 4.69) is 38.9 Å². The zero-order valence-electron chi connectivity index (χ0n) is 24.2. The molecule has 0 radical (unpaired) electrons. The topological polar surface area (TPSA) is 230 Å². The quantitative estimate of drug-likeness (QED) is 0.0708. The summed E-state index contributed by atoms with van der Waals surface area (Å²) in [6.07, 6.45) is -3.33. The summed E-state index contributed by atoms with van der Waals surface area (Å²) in [6, 6.07) is 3.61. The number of unbranched alkanes of at least 4 members (excludes halogenated alkanes) is 1. The first-order chi connectivity index (χ1) is 21.3. The summed E-state index contributed by atoms with van der Waals surface area (Å²) < 4.78 is 37.2. The normalized spacial score (nSPS) is 13.3. The Morgan fingerprint density at radius 3 is 2.20 bits per heavy atom. The van der Waals surface area contributed by atoms with E-state index in [1.54, 1.807) is 11.5 Å². The van der Waals surface area contributed by atoms with E-state index in [4.69, 9.17) is 11.5 Å². The van der Waals surface area contributed by atoms with Gasteiger partial charge in [0.25, 0.3) is 0 Å². The Kier molecular flexibility index (Phi) is 14.6. The van der Waals surface area contributed by atoms with Crippen LogP contribution < -0.4 is 38.1 Å². The number of carbonyl (C=O) groups excluding carboxylic acids is 6. The monoisotopic (exact) mass is 658 g/mol. The molecule has 0 saturated carbocycles. The average Bonchev–Trinajstić information content (AvgIpc) is 3.39. The number of fused-ring (bicyclic) bond motifs is 1. The molecule has 0 aliphatic rings. The van der Waals surface area contributed by atoms with Crippen molar-refractivity contribution in [3.05, 3.63) is 36.0 Å². The number of hydrogen-bond acceptors (Lipinski definition) is 8. The van der Waals surface area contributed by atoms with Crippen molar-refractivity contribution in [3.63, 3.8) is 0 Å². The Morgan fingerprint density at radius 2 is 1.56 bits per heavy atom. The lowest BCUT2D eigenvalue weighted by atomic mass is 10.0. The molecule has 1 aromatic carbocycles. The third-order valence-electron chi connectivity index (χ3n) is 6.51. The number of primary amides is 1. The minimum Gasteiger partial charge on any atom is -0.368 e. The lowest BCUT2D eigenvalue weighted by molar-refractivity contribution is -0.173. The Bertz CT molecular complexity index is 1360. The van der Waals surface area contributed by atoms with Crippen LogP contribution >= 0.6 is 12.6 Å². The van der Waals surface area contributed by atoms with E-state index in [1.165, 1.54) is 0 Å². The summed E-state index contributed by atoms with van der Waals surface area (Å²) in [4.78, 5) is 76.6. The number of hydrogen-bond donors (Lipinski definition) is 9. The second kappa shape index (κ2) is 17.8. The van der Waals surface area contributed by atoms with E-state index < -0.39 is 66.3 Å². The summed E-state index contributed by atoms with van der Waals surface area (Å²) in [7, 11) is 0. The van der Waals surface area contributed by atoms with E-state index in [1.807, 2.05) is 24.3 Å². The molecule has 1 aromatic heterocycles. The zero-order valence-corrected chi connectivity index (χ0v) is 25.1. The second-order valence-electron chi connectivity index (χ2n) is 9.96. The molecule has 6 amide bonds. The van der Waals surface area contributed by atoms with E-state index in [9.17, 15) is 41.9 Å². The van der Waals surface area contributed by atoms with Gasteiger partial charge in [-0.25, -0.2) is 0 Å². The van der Waals surface area contributed by atoms with Crippen LogP contribution in [0, 0.1) is 0 Å². The number of H-pyrrole nitrogens is 1. The molecule has 0 aliphatic heterocycles. The van der Waals surface area contributed by atoms with Crippen molar-refractivity contribution in [2.45, 2.75) is 56.4 Å². The molecule has 10 N–H and O–H groups in total. The van der Waals surface area contributed by atoms with E-state index in [0.717, 1.165) is 10.9 Å². The molecule has 0 bridgehead atoms. The number of carbonyl (C=O) groups is 6. The summed E-state index contributed by atoms with van der Waals surface area (Å²) >= 11 is 4.12. The predicted octanol–water partition coefficient (Wildman–Crippen LogP) is -1.11. The second-order valence-corrected chi connectivity index (χ2v) is 10.3. The van der Waals surface area contributed by atoms with Gasteiger partial charge in [0.1, 0.15) is 18.1 Å². The highest BCUT2D eigenvalue weighted by Gasteiger charge is 2.38. The molecule has 2 aromatic rings.